The maximum absolute atomic E-state index is 13.2. The summed E-state index contributed by atoms with van der Waals surface area (Å²) in [7, 11) is -2.10. The Labute approximate surface area is 329 Å². The fraction of sp³-hybridized carbons (Fsp3) is 0.450. The van der Waals surface area contributed by atoms with Gasteiger partial charge in [0.05, 0.1) is 28.6 Å². The number of anilines is 2. The van der Waals surface area contributed by atoms with Gasteiger partial charge in [0, 0.05) is 69.0 Å². The van der Waals surface area contributed by atoms with Gasteiger partial charge in [0.1, 0.15) is 11.7 Å². The minimum Gasteiger partial charge on any atom is -0.377 e. The van der Waals surface area contributed by atoms with Crippen molar-refractivity contribution in [1.82, 2.24) is 38.6 Å². The molecule has 2 aliphatic heterocycles. The molecule has 57 heavy (non-hydrogen) atoms. The lowest BCUT2D eigenvalue weighted by Gasteiger charge is -2.32. The molecule has 17 heteroatoms. The van der Waals surface area contributed by atoms with Crippen LogP contribution in [0.3, 0.4) is 0 Å². The number of sulfonamides is 1. The van der Waals surface area contributed by atoms with E-state index in [9.17, 15) is 27.6 Å². The Bertz CT molecular complexity index is 2590. The van der Waals surface area contributed by atoms with Crippen LogP contribution in [-0.4, -0.2) is 81.1 Å². The Hall–Kier alpha value is -5.23. The van der Waals surface area contributed by atoms with Crippen molar-refractivity contribution in [2.75, 3.05) is 31.6 Å². The number of benzene rings is 2. The van der Waals surface area contributed by atoms with Crippen molar-refractivity contribution in [2.24, 2.45) is 7.05 Å². The molecule has 3 aromatic heterocycles. The second kappa shape index (κ2) is 16.0. The lowest BCUT2D eigenvalue weighted by atomic mass is 10.1. The lowest BCUT2D eigenvalue weighted by Crippen LogP contribution is -2.44. The number of pyridine rings is 1. The van der Waals surface area contributed by atoms with E-state index in [0.29, 0.717) is 34.9 Å². The Kier molecular flexibility index (Phi) is 10.8. The van der Waals surface area contributed by atoms with Crippen molar-refractivity contribution < 1.29 is 22.7 Å². The van der Waals surface area contributed by atoms with Gasteiger partial charge >= 0.3 is 5.69 Å². The van der Waals surface area contributed by atoms with Gasteiger partial charge < -0.3 is 10.1 Å². The maximum Gasteiger partial charge on any atom is 0.329 e. The number of piperidine rings is 2. The molecule has 1 atom stereocenters. The quantitative estimate of drug-likeness (QED) is 0.124. The van der Waals surface area contributed by atoms with Gasteiger partial charge in [-0.3, -0.25) is 38.3 Å². The molecule has 2 saturated heterocycles. The van der Waals surface area contributed by atoms with Crippen molar-refractivity contribution in [2.45, 2.75) is 87.9 Å². The van der Waals surface area contributed by atoms with E-state index in [1.165, 1.54) is 10.6 Å². The zero-order chi connectivity index (χ0) is 39.8. The highest BCUT2D eigenvalue weighted by Gasteiger charge is 2.31. The molecule has 1 saturated carbocycles. The maximum atomic E-state index is 13.2. The number of ether oxygens (including phenoxy) is 1. The first-order chi connectivity index (χ1) is 27.4. The Morgan fingerprint density at radius 3 is 2.46 bits per heavy atom. The first kappa shape index (κ1) is 38.6. The molecule has 1 unspecified atom stereocenters. The second-order valence-electron chi connectivity index (χ2n) is 15.3. The van der Waals surface area contributed by atoms with Gasteiger partial charge in [-0.1, -0.05) is 18.9 Å². The van der Waals surface area contributed by atoms with Gasteiger partial charge in [0.15, 0.2) is 0 Å². The highest BCUT2D eigenvalue weighted by atomic mass is 32.2. The topological polar surface area (TPSA) is 192 Å². The summed E-state index contributed by atoms with van der Waals surface area (Å²) < 4.78 is 39.9. The van der Waals surface area contributed by atoms with Gasteiger partial charge in [-0.05, 0) is 86.6 Å². The molecule has 3 fully saturated rings. The number of nitrogens with one attached hydrogen (secondary N) is 3. The average molecular weight is 798 g/mol. The number of nitrogens with zero attached hydrogens (tertiary/aromatic N) is 6. The molecule has 16 nitrogen and oxygen atoms in total. The molecule has 300 valence electrons. The molecule has 0 bridgehead atoms. The first-order valence-electron chi connectivity index (χ1n) is 19.6. The largest absolute Gasteiger partial charge is 0.377 e. The van der Waals surface area contributed by atoms with Crippen LogP contribution < -0.4 is 26.6 Å². The number of carbonyl (C=O) groups is 2. The molecule has 8 rings (SSSR count). The predicted octanol–water partition coefficient (Wildman–Crippen LogP) is 3.55. The number of imidazole rings is 1. The van der Waals surface area contributed by atoms with E-state index in [1.54, 1.807) is 46.6 Å². The van der Waals surface area contributed by atoms with Crippen LogP contribution in [-0.2, 0) is 37.9 Å². The molecule has 5 heterocycles. The average Bonchev–Trinajstić information content (AvgIpc) is 3.81. The molecule has 1 aliphatic carbocycles. The van der Waals surface area contributed by atoms with E-state index in [-0.39, 0.29) is 60.2 Å². The molecule has 2 aromatic carbocycles. The number of hydrogen-bond acceptors (Lipinski definition) is 11. The minimum atomic E-state index is -3.79. The van der Waals surface area contributed by atoms with Crippen LogP contribution in [0.4, 0.5) is 11.6 Å². The van der Waals surface area contributed by atoms with E-state index >= 15 is 0 Å². The number of amides is 2. The van der Waals surface area contributed by atoms with Crippen LogP contribution in [0, 0.1) is 6.92 Å². The third kappa shape index (κ3) is 8.01. The van der Waals surface area contributed by atoms with Crippen LogP contribution in [0.25, 0.3) is 22.1 Å². The Balaban J connectivity index is 0.815. The number of aromatic nitrogens is 5. The summed E-state index contributed by atoms with van der Waals surface area (Å²) in [6.45, 7) is 4.47. The summed E-state index contributed by atoms with van der Waals surface area (Å²) in [5.41, 5.74) is 4.00. The summed E-state index contributed by atoms with van der Waals surface area (Å²) in [6.07, 6.45) is 7.84. The molecular formula is C40H47N9O7S. The normalized spacial score (nSPS) is 18.8. The van der Waals surface area contributed by atoms with Gasteiger partial charge in [0.25, 0.3) is 5.56 Å². The van der Waals surface area contributed by atoms with Gasteiger partial charge in [-0.15, -0.1) is 0 Å². The number of imide groups is 1. The van der Waals surface area contributed by atoms with Gasteiger partial charge in [-0.25, -0.2) is 22.9 Å². The van der Waals surface area contributed by atoms with Crippen LogP contribution in [0.15, 0.2) is 69.2 Å². The summed E-state index contributed by atoms with van der Waals surface area (Å²) in [5, 5.41) is 6.33. The van der Waals surface area contributed by atoms with E-state index < -0.39 is 22.0 Å². The zero-order valence-corrected chi connectivity index (χ0v) is 32.9. The van der Waals surface area contributed by atoms with E-state index in [1.807, 2.05) is 25.1 Å². The second-order valence-corrected chi connectivity index (χ2v) is 17.1. The standard InChI is InChI=1S/C40H47N9O7S/c1-25-21-30(9-10-31(25)43-39-41-23-27-8-14-36(51)48(37(27)45-39)28-5-3-4-6-28)57(54,55)42-17-20-56-29-15-18-47(19-16-29)24-26-7-11-32-34(22-26)46(2)40(53)49(32)33-12-13-35(50)44-38(33)52/h7-11,14,21-23,28-29,33,42H,3-6,12-13,15-20,24H2,1-2H3,(H,41,43,45)(H,44,50,52). The molecule has 5 aromatic rings. The molecular weight excluding hydrogens is 751 g/mol. The molecule has 3 N–H and O–H groups in total. The molecule has 0 spiro atoms. The third-order valence-corrected chi connectivity index (χ3v) is 12.9. The van der Waals surface area contributed by atoms with Crippen LogP contribution in [0.5, 0.6) is 0 Å². The Morgan fingerprint density at radius 1 is 0.912 bits per heavy atom. The third-order valence-electron chi connectivity index (χ3n) is 11.5. The number of fused-ring (bicyclic) bond motifs is 2. The minimum absolute atomic E-state index is 0.00871. The monoisotopic (exact) mass is 797 g/mol. The SMILES string of the molecule is Cc1cc(S(=O)(=O)NCCOC2CCN(Cc3ccc4c(c3)n(C)c(=O)n4C3CCC(=O)NC3=O)CC2)ccc1Nc1ncc2ccc(=O)n(C3CCCC3)c2n1. The first-order valence-corrected chi connectivity index (χ1v) is 21.1. The van der Waals surface area contributed by atoms with E-state index in [2.05, 4.69) is 25.2 Å². The van der Waals surface area contributed by atoms with Crippen molar-refractivity contribution in [3.63, 3.8) is 0 Å². The smallest absolute Gasteiger partial charge is 0.329 e. The Morgan fingerprint density at radius 2 is 1.70 bits per heavy atom. The van der Waals surface area contributed by atoms with E-state index in [0.717, 1.165) is 68.1 Å². The number of carbonyl (C=O) groups excluding carboxylic acids is 2. The molecule has 2 amide bonds. The van der Waals surface area contributed by atoms with Crippen LogP contribution in [0.1, 0.15) is 74.6 Å². The highest BCUT2D eigenvalue weighted by molar-refractivity contribution is 7.89. The fourth-order valence-electron chi connectivity index (χ4n) is 8.39. The fourth-order valence-corrected chi connectivity index (χ4v) is 9.49. The van der Waals surface area contributed by atoms with Gasteiger partial charge in [-0.2, -0.15) is 4.98 Å². The summed E-state index contributed by atoms with van der Waals surface area (Å²) in [4.78, 5) is 61.7. The predicted molar refractivity (Wildman–Crippen MR) is 214 cm³/mol. The van der Waals surface area contributed by atoms with Crippen LogP contribution >= 0.6 is 0 Å². The molecule has 3 aliphatic rings. The van der Waals surface area contributed by atoms with Gasteiger partial charge in [0.2, 0.25) is 27.8 Å². The number of rotatable bonds is 12. The van der Waals surface area contributed by atoms with Crippen LogP contribution in [0.2, 0.25) is 0 Å². The number of hydrogen-bond donors (Lipinski definition) is 3. The lowest BCUT2D eigenvalue weighted by molar-refractivity contribution is -0.135. The highest BCUT2D eigenvalue weighted by Crippen LogP contribution is 2.31. The molecule has 0 radical (unpaired) electrons. The number of aryl methyl sites for hydroxylation is 2. The summed E-state index contributed by atoms with van der Waals surface area (Å²) in [5.74, 6) is -0.449. The van der Waals surface area contributed by atoms with E-state index in [4.69, 9.17) is 9.72 Å². The summed E-state index contributed by atoms with van der Waals surface area (Å²) >= 11 is 0. The van der Waals surface area contributed by atoms with Crippen molar-refractivity contribution in [3.8, 4) is 0 Å². The zero-order valence-electron chi connectivity index (χ0n) is 32.1. The number of likely N-dealkylation sites (tertiary alicyclic amines) is 1. The summed E-state index contributed by atoms with van der Waals surface area (Å²) in [6, 6.07) is 13.4. The van der Waals surface area contributed by atoms with Crippen molar-refractivity contribution >= 4 is 55.5 Å². The van der Waals surface area contributed by atoms with Crippen molar-refractivity contribution in [3.05, 3.63) is 86.7 Å². The van der Waals surface area contributed by atoms with Crippen molar-refractivity contribution in [1.29, 1.82) is 0 Å².